The largest absolute Gasteiger partial charge is 0.356 e. The molecule has 19 heavy (non-hydrogen) atoms. The highest BCUT2D eigenvalue weighted by molar-refractivity contribution is 9.09. The Labute approximate surface area is 124 Å². The van der Waals surface area contributed by atoms with Gasteiger partial charge >= 0.3 is 0 Å². The van der Waals surface area contributed by atoms with Crippen LogP contribution in [0.1, 0.15) is 31.2 Å². The lowest BCUT2D eigenvalue weighted by molar-refractivity contribution is -0.121. The highest BCUT2D eigenvalue weighted by Crippen LogP contribution is 2.32. The van der Waals surface area contributed by atoms with Gasteiger partial charge in [-0.25, -0.2) is 0 Å². The van der Waals surface area contributed by atoms with Crippen molar-refractivity contribution in [2.75, 3.05) is 11.9 Å². The van der Waals surface area contributed by atoms with Crippen LogP contribution in [0.3, 0.4) is 0 Å². The molecule has 0 saturated heterocycles. The topological polar surface area (TPSA) is 29.1 Å². The number of halogens is 1. The zero-order valence-electron chi connectivity index (χ0n) is 11.3. The van der Waals surface area contributed by atoms with Gasteiger partial charge in [0.1, 0.15) is 0 Å². The van der Waals surface area contributed by atoms with E-state index in [-0.39, 0.29) is 5.91 Å². The van der Waals surface area contributed by atoms with Gasteiger partial charge in [-0.05, 0) is 36.7 Å². The molecule has 1 amide bonds. The van der Waals surface area contributed by atoms with E-state index in [1.54, 1.807) is 0 Å². The maximum atomic E-state index is 11.8. The van der Waals surface area contributed by atoms with Gasteiger partial charge in [0.25, 0.3) is 0 Å². The van der Waals surface area contributed by atoms with E-state index in [4.69, 9.17) is 0 Å². The van der Waals surface area contributed by atoms with Crippen LogP contribution in [0.15, 0.2) is 30.3 Å². The Bertz CT molecular complexity index is 393. The summed E-state index contributed by atoms with van der Waals surface area (Å²) in [6.07, 6.45) is 5.29. The van der Waals surface area contributed by atoms with Crippen molar-refractivity contribution < 1.29 is 4.79 Å². The van der Waals surface area contributed by atoms with Crippen LogP contribution in [0.25, 0.3) is 0 Å². The molecule has 2 atom stereocenters. The molecular weight excluding hydrogens is 302 g/mol. The zero-order valence-corrected chi connectivity index (χ0v) is 12.9. The van der Waals surface area contributed by atoms with Crippen LogP contribution in [0.5, 0.6) is 0 Å². The van der Waals surface area contributed by atoms with Crippen molar-refractivity contribution in [2.45, 2.75) is 32.1 Å². The standard InChI is InChI=1S/C16H22BrNO/c17-11-14-7-4-8-15(14)12-18-16(19)10-9-13-5-2-1-3-6-13/h1-3,5-6,14-15H,4,7-12H2,(H,18,19). The van der Waals surface area contributed by atoms with Crippen molar-refractivity contribution in [3.05, 3.63) is 35.9 Å². The second-order valence-corrected chi connectivity index (χ2v) is 6.04. The summed E-state index contributed by atoms with van der Waals surface area (Å²) in [5, 5.41) is 4.17. The van der Waals surface area contributed by atoms with Crippen LogP contribution in [0, 0.1) is 11.8 Å². The minimum absolute atomic E-state index is 0.184. The van der Waals surface area contributed by atoms with Gasteiger partial charge in [0, 0.05) is 18.3 Å². The summed E-state index contributed by atoms with van der Waals surface area (Å²) in [5.41, 5.74) is 1.23. The molecule has 1 aliphatic carbocycles. The van der Waals surface area contributed by atoms with E-state index in [1.807, 2.05) is 18.2 Å². The number of amides is 1. The smallest absolute Gasteiger partial charge is 0.220 e. The first-order valence-corrected chi connectivity index (χ1v) is 8.28. The summed E-state index contributed by atoms with van der Waals surface area (Å²) >= 11 is 3.57. The van der Waals surface area contributed by atoms with Gasteiger partial charge in [-0.1, -0.05) is 52.7 Å². The summed E-state index contributed by atoms with van der Waals surface area (Å²) in [7, 11) is 0. The molecule has 2 unspecified atom stereocenters. The molecule has 0 spiro atoms. The first-order chi connectivity index (χ1) is 9.29. The highest BCUT2D eigenvalue weighted by atomic mass is 79.9. The molecule has 0 aliphatic heterocycles. The fourth-order valence-electron chi connectivity index (χ4n) is 2.82. The van der Waals surface area contributed by atoms with Crippen LogP contribution < -0.4 is 5.32 Å². The van der Waals surface area contributed by atoms with Gasteiger partial charge in [0.2, 0.25) is 5.91 Å². The second kappa shape index (κ2) is 7.68. The first kappa shape index (κ1) is 14.6. The molecule has 1 aromatic rings. The number of carbonyl (C=O) groups is 1. The van der Waals surface area contributed by atoms with Crippen molar-refractivity contribution in [3.8, 4) is 0 Å². The average Bonchev–Trinajstić information content (AvgIpc) is 2.91. The fourth-order valence-corrected chi connectivity index (χ4v) is 3.67. The number of alkyl halides is 1. The van der Waals surface area contributed by atoms with Crippen molar-refractivity contribution in [2.24, 2.45) is 11.8 Å². The molecule has 1 aromatic carbocycles. The van der Waals surface area contributed by atoms with Gasteiger partial charge in [0.05, 0.1) is 0 Å². The molecule has 3 heteroatoms. The summed E-state index contributed by atoms with van der Waals surface area (Å²) in [6.45, 7) is 0.851. The van der Waals surface area contributed by atoms with E-state index in [1.165, 1.54) is 24.8 Å². The molecular formula is C16H22BrNO. The van der Waals surface area contributed by atoms with Crippen molar-refractivity contribution >= 4 is 21.8 Å². The lowest BCUT2D eigenvalue weighted by Gasteiger charge is -2.17. The fraction of sp³-hybridized carbons (Fsp3) is 0.562. The van der Waals surface area contributed by atoms with Crippen molar-refractivity contribution in [1.82, 2.24) is 5.32 Å². The van der Waals surface area contributed by atoms with Gasteiger partial charge in [-0.3, -0.25) is 4.79 Å². The maximum Gasteiger partial charge on any atom is 0.220 e. The Morgan fingerprint density at radius 2 is 1.95 bits per heavy atom. The summed E-state index contributed by atoms with van der Waals surface area (Å²) < 4.78 is 0. The predicted molar refractivity (Wildman–Crippen MR) is 82.4 cm³/mol. The summed E-state index contributed by atoms with van der Waals surface area (Å²) in [5.74, 6) is 1.60. The molecule has 0 bridgehead atoms. The molecule has 2 rings (SSSR count). The Morgan fingerprint density at radius 3 is 2.68 bits per heavy atom. The third-order valence-corrected chi connectivity index (χ3v) is 4.89. The Balaban J connectivity index is 1.67. The van der Waals surface area contributed by atoms with E-state index in [9.17, 15) is 4.79 Å². The Morgan fingerprint density at radius 1 is 1.21 bits per heavy atom. The number of aryl methyl sites for hydroxylation is 1. The van der Waals surface area contributed by atoms with E-state index in [0.29, 0.717) is 12.3 Å². The zero-order chi connectivity index (χ0) is 13.5. The van der Waals surface area contributed by atoms with E-state index in [2.05, 4.69) is 33.4 Å². The Kier molecular flexibility index (Phi) is 5.90. The number of benzene rings is 1. The molecule has 0 radical (unpaired) electrons. The molecule has 1 saturated carbocycles. The van der Waals surface area contributed by atoms with Gasteiger partial charge < -0.3 is 5.32 Å². The monoisotopic (exact) mass is 323 g/mol. The predicted octanol–water partition coefficient (Wildman–Crippen LogP) is 3.55. The number of rotatable bonds is 6. The molecule has 1 N–H and O–H groups in total. The number of nitrogens with one attached hydrogen (secondary N) is 1. The average molecular weight is 324 g/mol. The van der Waals surface area contributed by atoms with Crippen LogP contribution in [-0.2, 0) is 11.2 Å². The molecule has 2 nitrogen and oxygen atoms in total. The maximum absolute atomic E-state index is 11.8. The van der Waals surface area contributed by atoms with Crippen LogP contribution >= 0.6 is 15.9 Å². The van der Waals surface area contributed by atoms with Crippen LogP contribution in [-0.4, -0.2) is 17.8 Å². The SMILES string of the molecule is O=C(CCc1ccccc1)NCC1CCCC1CBr. The lowest BCUT2D eigenvalue weighted by atomic mass is 9.98. The normalized spacial score (nSPS) is 22.4. The van der Waals surface area contributed by atoms with Crippen molar-refractivity contribution in [3.63, 3.8) is 0 Å². The number of carbonyl (C=O) groups excluding carboxylic acids is 1. The molecule has 104 valence electrons. The van der Waals surface area contributed by atoms with Crippen LogP contribution in [0.2, 0.25) is 0 Å². The Hall–Kier alpha value is -0.830. The van der Waals surface area contributed by atoms with Crippen molar-refractivity contribution in [1.29, 1.82) is 0 Å². The third kappa shape index (κ3) is 4.64. The number of hydrogen-bond acceptors (Lipinski definition) is 1. The number of hydrogen-bond donors (Lipinski definition) is 1. The summed E-state index contributed by atoms with van der Waals surface area (Å²) in [4.78, 5) is 11.8. The van der Waals surface area contributed by atoms with Gasteiger partial charge in [0.15, 0.2) is 0 Å². The first-order valence-electron chi connectivity index (χ1n) is 7.16. The minimum Gasteiger partial charge on any atom is -0.356 e. The quantitative estimate of drug-likeness (QED) is 0.797. The summed E-state index contributed by atoms with van der Waals surface area (Å²) in [6, 6.07) is 10.2. The van der Waals surface area contributed by atoms with Crippen LogP contribution in [0.4, 0.5) is 0 Å². The molecule has 0 aromatic heterocycles. The van der Waals surface area contributed by atoms with Gasteiger partial charge in [-0.15, -0.1) is 0 Å². The molecule has 1 aliphatic rings. The van der Waals surface area contributed by atoms with E-state index >= 15 is 0 Å². The molecule has 0 heterocycles. The van der Waals surface area contributed by atoms with Gasteiger partial charge in [-0.2, -0.15) is 0 Å². The lowest BCUT2D eigenvalue weighted by Crippen LogP contribution is -2.31. The third-order valence-electron chi connectivity index (χ3n) is 4.06. The van der Waals surface area contributed by atoms with E-state index in [0.717, 1.165) is 24.2 Å². The second-order valence-electron chi connectivity index (χ2n) is 5.40. The highest BCUT2D eigenvalue weighted by Gasteiger charge is 2.26. The molecule has 1 fully saturated rings. The minimum atomic E-state index is 0.184. The van der Waals surface area contributed by atoms with E-state index < -0.39 is 0 Å².